The van der Waals surface area contributed by atoms with Crippen molar-refractivity contribution in [1.82, 2.24) is 4.98 Å². The number of aromatic nitrogens is 1. The molecule has 0 fully saturated rings. The summed E-state index contributed by atoms with van der Waals surface area (Å²) < 4.78 is 41.9. The Hall–Kier alpha value is -3.04. The van der Waals surface area contributed by atoms with Gasteiger partial charge in [0.15, 0.2) is 0 Å². The molecule has 0 unspecified atom stereocenters. The minimum Gasteiger partial charge on any atom is -0.405 e. The first-order valence-corrected chi connectivity index (χ1v) is 8.32. The van der Waals surface area contributed by atoms with E-state index < -0.39 is 30.4 Å². The predicted molar refractivity (Wildman–Crippen MR) is 98.3 cm³/mol. The van der Waals surface area contributed by atoms with Gasteiger partial charge in [0.05, 0.1) is 18.4 Å². The molecular formula is C19H17F3N2O4. The number of aromatic amines is 1. The first-order chi connectivity index (χ1) is 13.3. The van der Waals surface area contributed by atoms with Crippen molar-refractivity contribution in [3.05, 3.63) is 58.9 Å². The largest absolute Gasteiger partial charge is 0.573 e. The second kappa shape index (κ2) is 7.91. The summed E-state index contributed by atoms with van der Waals surface area (Å²) in [4.78, 5) is 15.1. The van der Waals surface area contributed by atoms with Crippen molar-refractivity contribution in [2.24, 2.45) is 0 Å². The molecule has 6 nitrogen and oxygen atoms in total. The first-order valence-electron chi connectivity index (χ1n) is 8.32. The molecule has 9 heteroatoms. The van der Waals surface area contributed by atoms with Gasteiger partial charge >= 0.3 is 6.36 Å². The third kappa shape index (κ3) is 4.62. The van der Waals surface area contributed by atoms with E-state index in [0.29, 0.717) is 16.5 Å². The third-order valence-corrected chi connectivity index (χ3v) is 4.00. The zero-order valence-electron chi connectivity index (χ0n) is 14.5. The molecule has 148 valence electrons. The number of hydrogen-bond donors (Lipinski definition) is 4. The fourth-order valence-corrected chi connectivity index (χ4v) is 2.72. The number of rotatable bonds is 6. The number of benzene rings is 2. The van der Waals surface area contributed by atoms with Gasteiger partial charge in [-0.2, -0.15) is 0 Å². The zero-order chi connectivity index (χ0) is 20.3. The molecular weight excluding hydrogens is 377 g/mol. The molecule has 0 aliphatic rings. The minimum atomic E-state index is -4.85. The molecule has 0 bridgehead atoms. The van der Waals surface area contributed by atoms with Gasteiger partial charge < -0.3 is 25.3 Å². The molecule has 0 spiro atoms. The summed E-state index contributed by atoms with van der Waals surface area (Å²) in [7, 11) is 0. The third-order valence-electron chi connectivity index (χ3n) is 4.00. The minimum absolute atomic E-state index is 0.0974. The Morgan fingerprint density at radius 3 is 2.61 bits per heavy atom. The average molecular weight is 394 g/mol. The van der Waals surface area contributed by atoms with Crippen molar-refractivity contribution < 1.29 is 28.1 Å². The van der Waals surface area contributed by atoms with Crippen LogP contribution in [0.3, 0.4) is 0 Å². The van der Waals surface area contributed by atoms with Crippen molar-refractivity contribution in [1.29, 1.82) is 0 Å². The highest BCUT2D eigenvalue weighted by molar-refractivity contribution is 5.88. The number of alkyl halides is 3. The number of para-hydroxylation sites is 1. The van der Waals surface area contributed by atoms with E-state index in [2.05, 4.69) is 15.0 Å². The van der Waals surface area contributed by atoms with Crippen LogP contribution in [0.15, 0.2) is 53.3 Å². The van der Waals surface area contributed by atoms with Crippen LogP contribution >= 0.6 is 0 Å². The summed E-state index contributed by atoms with van der Waals surface area (Å²) in [6.45, 7) is -0.302. The van der Waals surface area contributed by atoms with Gasteiger partial charge in [-0.05, 0) is 35.7 Å². The lowest BCUT2D eigenvalue weighted by atomic mass is 10.1. The molecule has 3 aromatic rings. The number of H-pyrrole nitrogens is 1. The average Bonchev–Trinajstić information content (AvgIpc) is 2.65. The van der Waals surface area contributed by atoms with Gasteiger partial charge in [0.1, 0.15) is 5.75 Å². The molecule has 1 atom stereocenters. The molecule has 0 radical (unpaired) electrons. The Kier molecular flexibility index (Phi) is 5.57. The maximum absolute atomic E-state index is 12.6. The topological polar surface area (TPSA) is 94.6 Å². The molecule has 1 heterocycles. The Morgan fingerprint density at radius 2 is 1.89 bits per heavy atom. The summed E-state index contributed by atoms with van der Waals surface area (Å²) in [5, 5.41) is 21.9. The van der Waals surface area contributed by atoms with E-state index >= 15 is 0 Å². The van der Waals surface area contributed by atoms with Crippen LogP contribution in [0.4, 0.5) is 18.9 Å². The molecule has 0 saturated heterocycles. The Balaban J connectivity index is 1.98. The second-order valence-electron chi connectivity index (χ2n) is 6.08. The molecule has 1 aromatic heterocycles. The van der Waals surface area contributed by atoms with Crippen molar-refractivity contribution in [2.45, 2.75) is 12.5 Å². The van der Waals surface area contributed by atoms with Gasteiger partial charge in [0.25, 0.3) is 5.56 Å². The summed E-state index contributed by atoms with van der Waals surface area (Å²) in [6.07, 6.45) is -5.80. The second-order valence-corrected chi connectivity index (χ2v) is 6.08. The first kappa shape index (κ1) is 19.7. The highest BCUT2D eigenvalue weighted by atomic mass is 19.4. The Bertz CT molecular complexity index is 1030. The summed E-state index contributed by atoms with van der Waals surface area (Å²) in [5.41, 5.74) is 0.362. The van der Waals surface area contributed by atoms with Crippen LogP contribution < -0.4 is 15.6 Å². The standard InChI is InChI=1S/C19H17F3N2O4/c20-19(21,22)28-17-4-2-1-3-14(17)16-7-11-5-6-12(23-9-13(26)10-25)8-15(11)18(27)24-16/h1-8,13,23,25-26H,9-10H2,(H,24,27)/t13-/m1/s1. The van der Waals surface area contributed by atoms with E-state index in [9.17, 15) is 23.1 Å². The van der Waals surface area contributed by atoms with Crippen molar-refractivity contribution in [3.63, 3.8) is 0 Å². The molecule has 2 aromatic carbocycles. The molecule has 0 saturated carbocycles. The fraction of sp³-hybridized carbons (Fsp3) is 0.211. The predicted octanol–water partition coefficient (Wildman–Crippen LogP) is 2.86. The summed E-state index contributed by atoms with van der Waals surface area (Å²) in [5.74, 6) is -0.415. The van der Waals surface area contributed by atoms with E-state index in [4.69, 9.17) is 5.11 Å². The maximum Gasteiger partial charge on any atom is 0.573 e. The van der Waals surface area contributed by atoms with E-state index in [0.717, 1.165) is 0 Å². The Morgan fingerprint density at radius 1 is 1.14 bits per heavy atom. The monoisotopic (exact) mass is 394 g/mol. The van der Waals surface area contributed by atoms with Crippen LogP contribution in [0.1, 0.15) is 0 Å². The van der Waals surface area contributed by atoms with Gasteiger partial charge in [0, 0.05) is 23.2 Å². The molecule has 0 aliphatic carbocycles. The normalized spacial score (nSPS) is 12.8. The number of pyridine rings is 1. The number of halogens is 3. The lowest BCUT2D eigenvalue weighted by Gasteiger charge is -2.14. The number of nitrogens with one attached hydrogen (secondary N) is 2. The van der Waals surface area contributed by atoms with Crippen LogP contribution in [0, 0.1) is 0 Å². The van der Waals surface area contributed by atoms with Gasteiger partial charge in [-0.15, -0.1) is 13.2 Å². The van der Waals surface area contributed by atoms with Crippen LogP contribution in [0.2, 0.25) is 0 Å². The number of anilines is 1. The van der Waals surface area contributed by atoms with E-state index in [1.807, 2.05) is 0 Å². The van der Waals surface area contributed by atoms with Crippen molar-refractivity contribution in [3.8, 4) is 17.0 Å². The van der Waals surface area contributed by atoms with Crippen molar-refractivity contribution in [2.75, 3.05) is 18.5 Å². The number of aliphatic hydroxyl groups is 2. The van der Waals surface area contributed by atoms with Gasteiger partial charge in [-0.25, -0.2) is 0 Å². The smallest absolute Gasteiger partial charge is 0.405 e. The lowest BCUT2D eigenvalue weighted by molar-refractivity contribution is -0.274. The lowest BCUT2D eigenvalue weighted by Crippen LogP contribution is -2.23. The van der Waals surface area contributed by atoms with Crippen LogP contribution in [0.5, 0.6) is 5.75 Å². The van der Waals surface area contributed by atoms with Crippen LogP contribution in [0.25, 0.3) is 22.0 Å². The van der Waals surface area contributed by atoms with E-state index in [1.54, 1.807) is 30.3 Å². The number of ether oxygens (including phenoxy) is 1. The van der Waals surface area contributed by atoms with E-state index in [1.165, 1.54) is 18.2 Å². The summed E-state index contributed by atoms with van der Waals surface area (Å²) in [6, 6.07) is 11.9. The van der Waals surface area contributed by atoms with E-state index in [-0.39, 0.29) is 17.8 Å². The fourth-order valence-electron chi connectivity index (χ4n) is 2.72. The zero-order valence-corrected chi connectivity index (χ0v) is 14.5. The number of fused-ring (bicyclic) bond motifs is 1. The number of hydrogen-bond acceptors (Lipinski definition) is 5. The molecule has 4 N–H and O–H groups in total. The SMILES string of the molecule is O=c1[nH]c(-c2ccccc2OC(F)(F)F)cc2ccc(NC[C@@H](O)CO)cc12. The molecule has 0 amide bonds. The highest BCUT2D eigenvalue weighted by Crippen LogP contribution is 2.33. The Labute approximate surface area is 157 Å². The summed E-state index contributed by atoms with van der Waals surface area (Å²) >= 11 is 0. The maximum atomic E-state index is 12.6. The quantitative estimate of drug-likeness (QED) is 0.516. The highest BCUT2D eigenvalue weighted by Gasteiger charge is 2.32. The molecule has 0 aliphatic heterocycles. The molecule has 28 heavy (non-hydrogen) atoms. The van der Waals surface area contributed by atoms with Gasteiger partial charge in [0.2, 0.25) is 0 Å². The molecule has 3 rings (SSSR count). The van der Waals surface area contributed by atoms with Crippen molar-refractivity contribution >= 4 is 16.5 Å². The van der Waals surface area contributed by atoms with Gasteiger partial charge in [-0.1, -0.05) is 18.2 Å². The number of aliphatic hydroxyl groups excluding tert-OH is 2. The van der Waals surface area contributed by atoms with Crippen LogP contribution in [-0.4, -0.2) is 40.8 Å². The van der Waals surface area contributed by atoms with Crippen LogP contribution in [-0.2, 0) is 0 Å². The van der Waals surface area contributed by atoms with Gasteiger partial charge in [-0.3, -0.25) is 4.79 Å².